The quantitative estimate of drug-likeness (QED) is 0.905. The molecule has 2 atom stereocenters. The summed E-state index contributed by atoms with van der Waals surface area (Å²) in [6.45, 7) is 1.67. The summed E-state index contributed by atoms with van der Waals surface area (Å²) in [5.41, 5.74) is 0.835. The molecule has 0 radical (unpaired) electrons. The minimum Gasteiger partial charge on any atom is -0.481 e. The molecular weight excluding hydrogens is 272 g/mol. The molecule has 6 heteroatoms. The maximum absolute atomic E-state index is 12.3. The van der Waals surface area contributed by atoms with Gasteiger partial charge < -0.3 is 14.9 Å². The van der Waals surface area contributed by atoms with Crippen LogP contribution in [0.4, 0.5) is 0 Å². The first kappa shape index (κ1) is 15.0. The van der Waals surface area contributed by atoms with Gasteiger partial charge in [0.25, 0.3) is 0 Å². The number of nitrogens with zero attached hydrogens (tertiary/aromatic N) is 2. The third kappa shape index (κ3) is 2.89. The predicted octanol–water partition coefficient (Wildman–Crippen LogP) is 1.24. The summed E-state index contributed by atoms with van der Waals surface area (Å²) in [5.74, 6) is -1.49. The van der Waals surface area contributed by atoms with E-state index in [9.17, 15) is 14.4 Å². The van der Waals surface area contributed by atoms with Crippen molar-refractivity contribution in [2.24, 2.45) is 0 Å². The second kappa shape index (κ2) is 5.95. The fourth-order valence-corrected chi connectivity index (χ4v) is 2.64. The molecule has 1 aliphatic heterocycles. The van der Waals surface area contributed by atoms with E-state index in [1.165, 1.54) is 9.80 Å². The first-order valence-electron chi connectivity index (χ1n) is 6.78. The van der Waals surface area contributed by atoms with Crippen LogP contribution in [0, 0.1) is 0 Å². The molecule has 6 nitrogen and oxygen atoms in total. The first-order valence-corrected chi connectivity index (χ1v) is 6.78. The van der Waals surface area contributed by atoms with Crippen molar-refractivity contribution in [3.8, 4) is 0 Å². The minimum atomic E-state index is -1.02. The molecule has 112 valence electrons. The van der Waals surface area contributed by atoms with Crippen LogP contribution in [0.5, 0.6) is 0 Å². The Labute approximate surface area is 123 Å². The molecule has 1 saturated heterocycles. The molecule has 0 aliphatic carbocycles. The molecule has 1 aromatic carbocycles. The number of carboxylic acids is 1. The summed E-state index contributed by atoms with van der Waals surface area (Å²) in [4.78, 5) is 38.1. The lowest BCUT2D eigenvalue weighted by Gasteiger charge is -2.29. The van der Waals surface area contributed by atoms with Crippen LogP contribution >= 0.6 is 0 Å². The lowest BCUT2D eigenvalue weighted by Crippen LogP contribution is -2.38. The highest BCUT2D eigenvalue weighted by molar-refractivity contribution is 5.91. The van der Waals surface area contributed by atoms with Crippen LogP contribution in [0.2, 0.25) is 0 Å². The highest BCUT2D eigenvalue weighted by Gasteiger charge is 2.44. The summed E-state index contributed by atoms with van der Waals surface area (Å²) in [6, 6.07) is 8.67. The minimum absolute atomic E-state index is 0.107. The molecule has 2 amide bonds. The Balaban J connectivity index is 2.29. The molecule has 1 heterocycles. The fraction of sp³-hybridized carbons (Fsp3) is 0.400. The van der Waals surface area contributed by atoms with E-state index in [0.717, 1.165) is 5.56 Å². The topological polar surface area (TPSA) is 77.9 Å². The van der Waals surface area contributed by atoms with E-state index in [2.05, 4.69) is 0 Å². The molecule has 1 N–H and O–H groups in total. The smallest absolute Gasteiger partial charge is 0.303 e. The van der Waals surface area contributed by atoms with Crippen molar-refractivity contribution in [1.82, 2.24) is 9.80 Å². The average molecular weight is 290 g/mol. The fourth-order valence-electron chi connectivity index (χ4n) is 2.64. The largest absolute Gasteiger partial charge is 0.481 e. The Morgan fingerprint density at radius 1 is 1.19 bits per heavy atom. The third-order valence-corrected chi connectivity index (χ3v) is 3.69. The second-order valence-electron chi connectivity index (χ2n) is 5.10. The predicted molar refractivity (Wildman–Crippen MR) is 75.1 cm³/mol. The number of hydrogen-bond donors (Lipinski definition) is 1. The third-order valence-electron chi connectivity index (χ3n) is 3.69. The maximum Gasteiger partial charge on any atom is 0.303 e. The Morgan fingerprint density at radius 3 is 2.38 bits per heavy atom. The van der Waals surface area contributed by atoms with E-state index in [1.807, 2.05) is 30.3 Å². The van der Waals surface area contributed by atoms with E-state index in [1.54, 1.807) is 14.0 Å². The summed E-state index contributed by atoms with van der Waals surface area (Å²) >= 11 is 0. The van der Waals surface area contributed by atoms with E-state index in [-0.39, 0.29) is 24.7 Å². The van der Waals surface area contributed by atoms with Crippen molar-refractivity contribution >= 4 is 17.8 Å². The number of carboxylic acid groups (broad SMARTS) is 1. The summed E-state index contributed by atoms with van der Waals surface area (Å²) in [5, 5.41) is 8.71. The van der Waals surface area contributed by atoms with Gasteiger partial charge in [-0.25, -0.2) is 0 Å². The van der Waals surface area contributed by atoms with Crippen LogP contribution in [0.15, 0.2) is 30.3 Å². The van der Waals surface area contributed by atoms with Gasteiger partial charge in [0, 0.05) is 13.5 Å². The monoisotopic (exact) mass is 290 g/mol. The van der Waals surface area contributed by atoms with E-state index >= 15 is 0 Å². The number of likely N-dealkylation sites (N-methyl/N-ethyl adjacent to an activating group) is 1. The van der Waals surface area contributed by atoms with Crippen molar-refractivity contribution in [2.45, 2.75) is 32.0 Å². The summed E-state index contributed by atoms with van der Waals surface area (Å²) in [6.07, 6.45) is -0.819. The van der Waals surface area contributed by atoms with Gasteiger partial charge in [-0.1, -0.05) is 30.3 Å². The SMILES string of the molecule is C[C@@H]1C(=O)N(C)C(c2ccccc2)N1C(=O)CCC(=O)O. The number of rotatable bonds is 4. The van der Waals surface area contributed by atoms with Gasteiger partial charge in [0.05, 0.1) is 6.42 Å². The van der Waals surface area contributed by atoms with E-state index in [4.69, 9.17) is 5.11 Å². The number of hydrogen-bond acceptors (Lipinski definition) is 3. The number of benzene rings is 1. The van der Waals surface area contributed by atoms with Crippen LogP contribution in [-0.4, -0.2) is 45.8 Å². The lowest BCUT2D eigenvalue weighted by atomic mass is 10.1. The van der Waals surface area contributed by atoms with Crippen molar-refractivity contribution in [3.05, 3.63) is 35.9 Å². The Morgan fingerprint density at radius 2 is 1.81 bits per heavy atom. The summed E-state index contributed by atoms with van der Waals surface area (Å²) in [7, 11) is 1.65. The molecule has 21 heavy (non-hydrogen) atoms. The van der Waals surface area contributed by atoms with Gasteiger partial charge >= 0.3 is 5.97 Å². The maximum atomic E-state index is 12.3. The van der Waals surface area contributed by atoms with Crippen LogP contribution < -0.4 is 0 Å². The van der Waals surface area contributed by atoms with Gasteiger partial charge in [0.15, 0.2) is 0 Å². The zero-order valence-corrected chi connectivity index (χ0v) is 12.0. The molecule has 1 aliphatic rings. The molecule has 2 rings (SSSR count). The molecule has 0 aromatic heterocycles. The number of amides is 2. The first-order chi connectivity index (χ1) is 9.93. The van der Waals surface area contributed by atoms with Gasteiger partial charge in [0.1, 0.15) is 12.2 Å². The zero-order chi connectivity index (χ0) is 15.6. The van der Waals surface area contributed by atoms with Gasteiger partial charge in [-0.15, -0.1) is 0 Å². The standard InChI is InChI=1S/C15H18N2O4/c1-10-15(21)16(2)14(11-6-4-3-5-7-11)17(10)12(18)8-9-13(19)20/h3-7,10,14H,8-9H2,1-2H3,(H,19,20)/t10-,14?/m1/s1. The summed E-state index contributed by atoms with van der Waals surface area (Å²) < 4.78 is 0. The number of aliphatic carboxylic acids is 1. The van der Waals surface area contributed by atoms with Crippen molar-refractivity contribution in [3.63, 3.8) is 0 Å². The van der Waals surface area contributed by atoms with Crippen LogP contribution in [-0.2, 0) is 14.4 Å². The van der Waals surface area contributed by atoms with Gasteiger partial charge in [-0.05, 0) is 12.5 Å². The van der Waals surface area contributed by atoms with Crippen molar-refractivity contribution < 1.29 is 19.5 Å². The normalized spacial score (nSPS) is 21.7. The average Bonchev–Trinajstić information content (AvgIpc) is 2.70. The molecular formula is C15H18N2O4. The molecule has 1 aromatic rings. The second-order valence-corrected chi connectivity index (χ2v) is 5.10. The van der Waals surface area contributed by atoms with Crippen LogP contribution in [0.3, 0.4) is 0 Å². The molecule has 1 fully saturated rings. The Bertz CT molecular complexity index is 558. The van der Waals surface area contributed by atoms with E-state index in [0.29, 0.717) is 0 Å². The highest BCUT2D eigenvalue weighted by Crippen LogP contribution is 2.33. The molecule has 0 saturated carbocycles. The zero-order valence-electron chi connectivity index (χ0n) is 12.0. The Kier molecular flexibility index (Phi) is 4.26. The van der Waals surface area contributed by atoms with Crippen molar-refractivity contribution in [1.29, 1.82) is 0 Å². The highest BCUT2D eigenvalue weighted by atomic mass is 16.4. The van der Waals surface area contributed by atoms with Gasteiger partial charge in [-0.3, -0.25) is 14.4 Å². The van der Waals surface area contributed by atoms with E-state index < -0.39 is 18.2 Å². The molecule has 0 spiro atoms. The number of carbonyl (C=O) groups excluding carboxylic acids is 2. The molecule has 1 unspecified atom stereocenters. The molecule has 0 bridgehead atoms. The Hall–Kier alpha value is -2.37. The van der Waals surface area contributed by atoms with Crippen LogP contribution in [0.1, 0.15) is 31.5 Å². The van der Waals surface area contributed by atoms with Gasteiger partial charge in [0.2, 0.25) is 11.8 Å². The lowest BCUT2D eigenvalue weighted by molar-refractivity contribution is -0.142. The van der Waals surface area contributed by atoms with Gasteiger partial charge in [-0.2, -0.15) is 0 Å². The number of carbonyl (C=O) groups is 3. The van der Waals surface area contributed by atoms with Crippen LogP contribution in [0.25, 0.3) is 0 Å². The van der Waals surface area contributed by atoms with Crippen molar-refractivity contribution in [2.75, 3.05) is 7.05 Å².